The lowest BCUT2D eigenvalue weighted by molar-refractivity contribution is -0.130. The lowest BCUT2D eigenvalue weighted by atomic mass is 10.3. The maximum absolute atomic E-state index is 12.8. The number of H-pyrrole nitrogens is 1. The molecule has 2 heterocycles. The lowest BCUT2D eigenvalue weighted by Crippen LogP contribution is -2.37. The fraction of sp³-hybridized carbons (Fsp3) is 0.467. The zero-order valence-corrected chi connectivity index (χ0v) is 14.1. The second-order valence-corrected chi connectivity index (χ2v) is 7.60. The Morgan fingerprint density at radius 3 is 2.79 bits per heavy atom. The first kappa shape index (κ1) is 16.7. The fourth-order valence-corrected chi connectivity index (χ4v) is 4.33. The van der Waals surface area contributed by atoms with Gasteiger partial charge in [-0.25, -0.2) is 13.2 Å². The Kier molecular flexibility index (Phi) is 4.46. The Morgan fingerprint density at radius 2 is 2.04 bits per heavy atom. The molecule has 1 N–H and O–H groups in total. The Balaban J connectivity index is 1.86. The number of carbonyl (C=O) groups excluding carboxylic acids is 1. The SMILES string of the molecule is CCC(=O)N1CCCN(S(=O)(=O)c2ccc3[nH]c(=O)oc3c2)CC1. The third-order valence-corrected chi connectivity index (χ3v) is 6.03. The molecule has 0 spiro atoms. The summed E-state index contributed by atoms with van der Waals surface area (Å²) >= 11 is 0. The molecule has 1 aliphatic heterocycles. The van der Waals surface area contributed by atoms with E-state index in [4.69, 9.17) is 4.42 Å². The van der Waals surface area contributed by atoms with E-state index in [1.165, 1.54) is 22.5 Å². The molecular weight excluding hydrogens is 334 g/mol. The second kappa shape index (κ2) is 6.40. The number of rotatable bonds is 3. The zero-order valence-electron chi connectivity index (χ0n) is 13.3. The van der Waals surface area contributed by atoms with E-state index in [2.05, 4.69) is 4.98 Å². The molecule has 0 atom stereocenters. The average Bonchev–Trinajstić information content (AvgIpc) is 2.77. The summed E-state index contributed by atoms with van der Waals surface area (Å²) in [6, 6.07) is 4.31. The first-order valence-corrected chi connectivity index (χ1v) is 9.26. The molecule has 0 aliphatic carbocycles. The highest BCUT2D eigenvalue weighted by Crippen LogP contribution is 2.21. The quantitative estimate of drug-likeness (QED) is 0.877. The Morgan fingerprint density at radius 1 is 1.25 bits per heavy atom. The van der Waals surface area contributed by atoms with Gasteiger partial charge in [-0.2, -0.15) is 4.31 Å². The number of amides is 1. The summed E-state index contributed by atoms with van der Waals surface area (Å²) in [5.41, 5.74) is 0.660. The highest BCUT2D eigenvalue weighted by molar-refractivity contribution is 7.89. The minimum Gasteiger partial charge on any atom is -0.408 e. The molecule has 3 rings (SSSR count). The number of carbonyl (C=O) groups is 1. The number of benzene rings is 1. The van der Waals surface area contributed by atoms with Crippen molar-refractivity contribution in [3.8, 4) is 0 Å². The Labute approximate surface area is 139 Å². The fourth-order valence-electron chi connectivity index (χ4n) is 2.84. The summed E-state index contributed by atoms with van der Waals surface area (Å²) in [5.74, 6) is -0.590. The van der Waals surface area contributed by atoms with Crippen molar-refractivity contribution in [3.05, 3.63) is 28.7 Å². The van der Waals surface area contributed by atoms with Gasteiger partial charge in [0.05, 0.1) is 10.4 Å². The lowest BCUT2D eigenvalue weighted by Gasteiger charge is -2.21. The van der Waals surface area contributed by atoms with Gasteiger partial charge in [-0.15, -0.1) is 0 Å². The van der Waals surface area contributed by atoms with E-state index in [-0.39, 0.29) is 22.9 Å². The second-order valence-electron chi connectivity index (χ2n) is 5.66. The molecular formula is C15H19N3O5S. The molecule has 1 amide bonds. The molecule has 0 bridgehead atoms. The van der Waals surface area contributed by atoms with Crippen LogP contribution in [-0.2, 0) is 14.8 Å². The van der Waals surface area contributed by atoms with Crippen LogP contribution in [0.4, 0.5) is 0 Å². The predicted octanol–water partition coefficient (Wildman–Crippen LogP) is 0.754. The number of oxazole rings is 1. The smallest absolute Gasteiger partial charge is 0.408 e. The summed E-state index contributed by atoms with van der Waals surface area (Å²) in [6.45, 7) is 3.34. The number of aromatic nitrogens is 1. The van der Waals surface area contributed by atoms with Crippen LogP contribution >= 0.6 is 0 Å². The third-order valence-electron chi connectivity index (χ3n) is 4.14. The number of sulfonamides is 1. The molecule has 0 radical (unpaired) electrons. The van der Waals surface area contributed by atoms with E-state index in [0.29, 0.717) is 38.0 Å². The van der Waals surface area contributed by atoms with Crippen LogP contribution in [0.1, 0.15) is 19.8 Å². The van der Waals surface area contributed by atoms with Crippen molar-refractivity contribution < 1.29 is 17.6 Å². The molecule has 130 valence electrons. The molecule has 2 aromatic rings. The molecule has 0 saturated carbocycles. The number of aromatic amines is 1. The van der Waals surface area contributed by atoms with Gasteiger partial charge in [-0.3, -0.25) is 9.78 Å². The molecule has 8 nitrogen and oxygen atoms in total. The van der Waals surface area contributed by atoms with Crippen LogP contribution < -0.4 is 5.76 Å². The first-order valence-electron chi connectivity index (χ1n) is 7.82. The van der Waals surface area contributed by atoms with Gasteiger partial charge >= 0.3 is 5.76 Å². The summed E-state index contributed by atoms with van der Waals surface area (Å²) in [5, 5.41) is 0. The highest BCUT2D eigenvalue weighted by atomic mass is 32.2. The summed E-state index contributed by atoms with van der Waals surface area (Å²) in [4.78, 5) is 27.3. The van der Waals surface area contributed by atoms with Crippen LogP contribution in [0.3, 0.4) is 0 Å². The van der Waals surface area contributed by atoms with E-state index in [1.54, 1.807) is 11.8 Å². The van der Waals surface area contributed by atoms with Gasteiger partial charge in [0, 0.05) is 38.7 Å². The summed E-state index contributed by atoms with van der Waals surface area (Å²) < 4.78 is 32.0. The van der Waals surface area contributed by atoms with E-state index in [9.17, 15) is 18.0 Å². The predicted molar refractivity (Wildman–Crippen MR) is 87.1 cm³/mol. The standard InChI is InChI=1S/C15H19N3O5S/c1-2-14(19)17-6-3-7-18(9-8-17)24(21,22)11-4-5-12-13(10-11)23-15(20)16-12/h4-5,10H,2-3,6-9H2,1H3,(H,16,20). The van der Waals surface area contributed by atoms with E-state index < -0.39 is 15.8 Å². The number of hydrogen-bond acceptors (Lipinski definition) is 5. The Hall–Kier alpha value is -2.13. The van der Waals surface area contributed by atoms with Crippen molar-refractivity contribution in [1.29, 1.82) is 0 Å². The van der Waals surface area contributed by atoms with E-state index in [1.807, 2.05) is 0 Å². The molecule has 1 aromatic carbocycles. The van der Waals surface area contributed by atoms with E-state index >= 15 is 0 Å². The maximum Gasteiger partial charge on any atom is 0.417 e. The third kappa shape index (κ3) is 3.09. The van der Waals surface area contributed by atoms with Crippen molar-refractivity contribution in [1.82, 2.24) is 14.2 Å². The largest absolute Gasteiger partial charge is 0.417 e. The van der Waals surface area contributed by atoms with Crippen molar-refractivity contribution in [2.45, 2.75) is 24.7 Å². The number of hydrogen-bond donors (Lipinski definition) is 1. The van der Waals surface area contributed by atoms with Gasteiger partial charge in [0.2, 0.25) is 15.9 Å². The maximum atomic E-state index is 12.8. The van der Waals surface area contributed by atoms with Crippen LogP contribution in [-0.4, -0.2) is 54.7 Å². The minimum absolute atomic E-state index is 0.0322. The zero-order chi connectivity index (χ0) is 17.3. The molecule has 24 heavy (non-hydrogen) atoms. The normalized spacial score (nSPS) is 17.1. The van der Waals surface area contributed by atoms with Crippen molar-refractivity contribution >= 4 is 27.0 Å². The molecule has 1 fully saturated rings. The highest BCUT2D eigenvalue weighted by Gasteiger charge is 2.28. The number of fused-ring (bicyclic) bond motifs is 1. The van der Waals surface area contributed by atoms with E-state index in [0.717, 1.165) is 0 Å². The van der Waals surface area contributed by atoms with Gasteiger partial charge in [-0.05, 0) is 18.6 Å². The van der Waals surface area contributed by atoms with Crippen molar-refractivity contribution in [2.75, 3.05) is 26.2 Å². The average molecular weight is 353 g/mol. The van der Waals surface area contributed by atoms with Gasteiger partial charge in [0.1, 0.15) is 0 Å². The summed E-state index contributed by atoms with van der Waals surface area (Å²) in [7, 11) is -3.70. The molecule has 9 heteroatoms. The number of nitrogens with one attached hydrogen (secondary N) is 1. The van der Waals surface area contributed by atoms with Gasteiger partial charge in [0.25, 0.3) is 0 Å². The van der Waals surface area contributed by atoms with Crippen LogP contribution in [0.25, 0.3) is 11.1 Å². The van der Waals surface area contributed by atoms with Gasteiger partial charge < -0.3 is 9.32 Å². The number of nitrogens with zero attached hydrogens (tertiary/aromatic N) is 2. The van der Waals surface area contributed by atoms with Crippen LogP contribution in [0.2, 0.25) is 0 Å². The van der Waals surface area contributed by atoms with Crippen molar-refractivity contribution in [2.24, 2.45) is 0 Å². The topological polar surface area (TPSA) is 104 Å². The molecule has 0 unspecified atom stereocenters. The van der Waals surface area contributed by atoms with Gasteiger partial charge in [0.15, 0.2) is 5.58 Å². The van der Waals surface area contributed by atoms with Gasteiger partial charge in [-0.1, -0.05) is 6.92 Å². The molecule has 1 aromatic heterocycles. The first-order chi connectivity index (χ1) is 11.4. The minimum atomic E-state index is -3.70. The Bertz CT molecular complexity index is 915. The van der Waals surface area contributed by atoms with Crippen LogP contribution in [0, 0.1) is 0 Å². The summed E-state index contributed by atoms with van der Waals surface area (Å²) in [6.07, 6.45) is 1.00. The van der Waals surface area contributed by atoms with Crippen LogP contribution in [0.5, 0.6) is 0 Å². The molecule has 1 aliphatic rings. The molecule has 1 saturated heterocycles. The van der Waals surface area contributed by atoms with Crippen molar-refractivity contribution in [3.63, 3.8) is 0 Å². The van der Waals surface area contributed by atoms with Crippen LogP contribution in [0.15, 0.2) is 32.3 Å². The monoisotopic (exact) mass is 353 g/mol.